The van der Waals surface area contributed by atoms with Gasteiger partial charge in [-0.05, 0) is 39.9 Å². The van der Waals surface area contributed by atoms with E-state index in [1.165, 1.54) is 0 Å². The van der Waals surface area contributed by atoms with Crippen LogP contribution in [0.4, 0.5) is 0 Å². The summed E-state index contributed by atoms with van der Waals surface area (Å²) < 4.78 is 0. The van der Waals surface area contributed by atoms with Crippen LogP contribution in [-0.4, -0.2) is 31.5 Å². The number of piperidine rings is 1. The molecule has 3 heteroatoms. The van der Waals surface area contributed by atoms with E-state index in [2.05, 4.69) is 10.6 Å². The molecule has 0 atom stereocenters. The van der Waals surface area contributed by atoms with Crippen LogP contribution in [0.2, 0.25) is 0 Å². The van der Waals surface area contributed by atoms with Crippen molar-refractivity contribution >= 4 is 5.78 Å². The van der Waals surface area contributed by atoms with Gasteiger partial charge < -0.3 is 10.6 Å². The van der Waals surface area contributed by atoms with Crippen molar-refractivity contribution in [2.45, 2.75) is 25.3 Å². The summed E-state index contributed by atoms with van der Waals surface area (Å²) in [5.74, 6) is 0.265. The van der Waals surface area contributed by atoms with Gasteiger partial charge in [0.1, 0.15) is 5.78 Å². The molecule has 0 bridgehead atoms. The van der Waals surface area contributed by atoms with Crippen LogP contribution in [-0.2, 0) is 4.79 Å². The largest absolute Gasteiger partial charge is 0.317 e. The average molecular weight is 156 g/mol. The van der Waals surface area contributed by atoms with Gasteiger partial charge in [0.25, 0.3) is 0 Å². The quantitative estimate of drug-likeness (QED) is 0.587. The molecular formula is C8H16N2O. The predicted octanol–water partition coefficient (Wildman–Crippen LogP) is -0.0830. The second kappa shape index (κ2) is 3.32. The third-order valence-corrected chi connectivity index (χ3v) is 2.61. The topological polar surface area (TPSA) is 41.1 Å². The van der Waals surface area contributed by atoms with E-state index in [1.807, 2.05) is 7.05 Å². The number of Topliss-reactive ketones (excluding diaryl/α,β-unsaturated/α-hetero) is 1. The highest BCUT2D eigenvalue weighted by Crippen LogP contribution is 2.18. The molecule has 0 saturated carbocycles. The number of hydrogen-bond donors (Lipinski definition) is 2. The number of hydrogen-bond acceptors (Lipinski definition) is 3. The van der Waals surface area contributed by atoms with E-state index in [-0.39, 0.29) is 11.3 Å². The average Bonchev–Trinajstić information content (AvgIpc) is 2.05. The molecular weight excluding hydrogens is 140 g/mol. The van der Waals surface area contributed by atoms with Crippen molar-refractivity contribution in [1.29, 1.82) is 0 Å². The number of carbonyl (C=O) groups is 1. The SMILES string of the molecule is CNC1(C(C)=O)CCNCC1. The van der Waals surface area contributed by atoms with Crippen molar-refractivity contribution < 1.29 is 4.79 Å². The van der Waals surface area contributed by atoms with Gasteiger partial charge in [-0.15, -0.1) is 0 Å². The molecule has 11 heavy (non-hydrogen) atoms. The third kappa shape index (κ3) is 1.60. The molecule has 0 aromatic heterocycles. The Morgan fingerprint density at radius 3 is 2.27 bits per heavy atom. The smallest absolute Gasteiger partial charge is 0.149 e. The van der Waals surface area contributed by atoms with E-state index in [0.717, 1.165) is 25.9 Å². The molecule has 0 spiro atoms. The maximum absolute atomic E-state index is 11.3. The summed E-state index contributed by atoms with van der Waals surface area (Å²) in [5.41, 5.74) is -0.231. The summed E-state index contributed by atoms with van der Waals surface area (Å²) in [5, 5.41) is 6.36. The first kappa shape index (κ1) is 8.68. The number of nitrogens with one attached hydrogen (secondary N) is 2. The lowest BCUT2D eigenvalue weighted by Crippen LogP contribution is -2.55. The summed E-state index contributed by atoms with van der Waals surface area (Å²) in [6.07, 6.45) is 1.83. The number of ketones is 1. The molecule has 0 aliphatic carbocycles. The van der Waals surface area contributed by atoms with Gasteiger partial charge >= 0.3 is 0 Å². The lowest BCUT2D eigenvalue weighted by Gasteiger charge is -2.34. The fourth-order valence-corrected chi connectivity index (χ4v) is 1.63. The van der Waals surface area contributed by atoms with Crippen LogP contribution in [0, 0.1) is 0 Å². The van der Waals surface area contributed by atoms with Gasteiger partial charge in [-0.1, -0.05) is 0 Å². The van der Waals surface area contributed by atoms with E-state index >= 15 is 0 Å². The molecule has 1 heterocycles. The van der Waals surface area contributed by atoms with Gasteiger partial charge in [0.15, 0.2) is 0 Å². The van der Waals surface area contributed by atoms with Crippen molar-refractivity contribution in [3.63, 3.8) is 0 Å². The second-order valence-corrected chi connectivity index (χ2v) is 3.14. The van der Waals surface area contributed by atoms with Gasteiger partial charge in [0, 0.05) is 0 Å². The Morgan fingerprint density at radius 2 is 2.00 bits per heavy atom. The fourth-order valence-electron chi connectivity index (χ4n) is 1.63. The molecule has 0 aromatic rings. The van der Waals surface area contributed by atoms with Crippen LogP contribution in [0.1, 0.15) is 19.8 Å². The summed E-state index contributed by atoms with van der Waals surface area (Å²) in [6, 6.07) is 0. The Morgan fingerprint density at radius 1 is 1.45 bits per heavy atom. The van der Waals surface area contributed by atoms with Gasteiger partial charge in [0.05, 0.1) is 5.54 Å². The Labute approximate surface area is 67.5 Å². The van der Waals surface area contributed by atoms with Crippen LogP contribution in [0.5, 0.6) is 0 Å². The summed E-state index contributed by atoms with van der Waals surface area (Å²) in [7, 11) is 1.87. The zero-order valence-electron chi connectivity index (χ0n) is 7.24. The standard InChI is InChI=1S/C8H16N2O/c1-7(11)8(9-2)3-5-10-6-4-8/h9-10H,3-6H2,1-2H3. The van der Waals surface area contributed by atoms with Crippen LogP contribution in [0.3, 0.4) is 0 Å². The molecule has 0 unspecified atom stereocenters. The molecule has 1 saturated heterocycles. The first-order valence-electron chi connectivity index (χ1n) is 4.12. The first-order chi connectivity index (χ1) is 5.21. The molecule has 0 aromatic carbocycles. The molecule has 1 aliphatic heterocycles. The minimum Gasteiger partial charge on any atom is -0.317 e. The van der Waals surface area contributed by atoms with Crippen LogP contribution in [0.25, 0.3) is 0 Å². The molecule has 3 nitrogen and oxygen atoms in total. The van der Waals surface area contributed by atoms with Crippen LogP contribution >= 0.6 is 0 Å². The third-order valence-electron chi connectivity index (χ3n) is 2.61. The van der Waals surface area contributed by atoms with E-state index in [0.29, 0.717) is 0 Å². The van der Waals surface area contributed by atoms with Gasteiger partial charge in [-0.2, -0.15) is 0 Å². The van der Waals surface area contributed by atoms with Gasteiger partial charge in [-0.25, -0.2) is 0 Å². The lowest BCUT2D eigenvalue weighted by atomic mass is 9.85. The normalized spacial score (nSPS) is 23.1. The minimum absolute atomic E-state index is 0.231. The van der Waals surface area contributed by atoms with Crippen molar-refractivity contribution in [2.24, 2.45) is 0 Å². The van der Waals surface area contributed by atoms with Crippen molar-refractivity contribution in [2.75, 3.05) is 20.1 Å². The highest BCUT2D eigenvalue weighted by molar-refractivity contribution is 5.86. The van der Waals surface area contributed by atoms with E-state index in [4.69, 9.17) is 0 Å². The van der Waals surface area contributed by atoms with Crippen LogP contribution < -0.4 is 10.6 Å². The Bertz CT molecular complexity index is 150. The first-order valence-corrected chi connectivity index (χ1v) is 4.12. The predicted molar refractivity (Wildman–Crippen MR) is 44.6 cm³/mol. The second-order valence-electron chi connectivity index (χ2n) is 3.14. The van der Waals surface area contributed by atoms with E-state index in [1.54, 1.807) is 6.92 Å². The maximum atomic E-state index is 11.3. The summed E-state index contributed by atoms with van der Waals surface area (Å²) in [6.45, 7) is 3.56. The maximum Gasteiger partial charge on any atom is 0.149 e. The van der Waals surface area contributed by atoms with Crippen molar-refractivity contribution in [1.82, 2.24) is 10.6 Å². The highest BCUT2D eigenvalue weighted by atomic mass is 16.1. The highest BCUT2D eigenvalue weighted by Gasteiger charge is 2.34. The monoisotopic (exact) mass is 156 g/mol. The number of rotatable bonds is 2. The summed E-state index contributed by atoms with van der Waals surface area (Å²) >= 11 is 0. The summed E-state index contributed by atoms with van der Waals surface area (Å²) in [4.78, 5) is 11.3. The zero-order valence-corrected chi connectivity index (χ0v) is 7.24. The van der Waals surface area contributed by atoms with Crippen LogP contribution in [0.15, 0.2) is 0 Å². The molecule has 64 valence electrons. The Balaban J connectivity index is 2.64. The molecule has 1 aliphatic rings. The molecule has 0 radical (unpaired) electrons. The van der Waals surface area contributed by atoms with Gasteiger partial charge in [0.2, 0.25) is 0 Å². The molecule has 2 N–H and O–H groups in total. The van der Waals surface area contributed by atoms with Crippen molar-refractivity contribution in [3.8, 4) is 0 Å². The van der Waals surface area contributed by atoms with E-state index < -0.39 is 0 Å². The Kier molecular flexibility index (Phi) is 2.62. The fraction of sp³-hybridized carbons (Fsp3) is 0.875. The van der Waals surface area contributed by atoms with E-state index in [9.17, 15) is 4.79 Å². The molecule has 1 fully saturated rings. The van der Waals surface area contributed by atoms with Gasteiger partial charge in [-0.3, -0.25) is 4.79 Å². The minimum atomic E-state index is -0.231. The lowest BCUT2D eigenvalue weighted by molar-refractivity contribution is -0.124. The molecule has 0 amide bonds. The number of carbonyl (C=O) groups excluding carboxylic acids is 1. The molecule has 1 rings (SSSR count). The zero-order chi connectivity index (χ0) is 8.32. The number of likely N-dealkylation sites (N-methyl/N-ethyl adjacent to an activating group) is 1. The van der Waals surface area contributed by atoms with Crippen molar-refractivity contribution in [3.05, 3.63) is 0 Å². The Hall–Kier alpha value is -0.410.